The molecule has 1 amide bonds. The molecule has 1 fully saturated rings. The van der Waals surface area contributed by atoms with Crippen molar-refractivity contribution in [1.82, 2.24) is 5.32 Å². The topological polar surface area (TPSA) is 29.1 Å². The summed E-state index contributed by atoms with van der Waals surface area (Å²) in [5.74, 6) is 0.671. The van der Waals surface area contributed by atoms with E-state index in [9.17, 15) is 4.79 Å². The summed E-state index contributed by atoms with van der Waals surface area (Å²) in [4.78, 5) is 10.8. The predicted molar refractivity (Wildman–Crippen MR) is 58.7 cm³/mol. The molecule has 0 spiro atoms. The molecule has 0 bridgehead atoms. The Kier molecular flexibility index (Phi) is 3.57. The van der Waals surface area contributed by atoms with Crippen LogP contribution in [0.5, 0.6) is 0 Å². The predicted octanol–water partition coefficient (Wildman–Crippen LogP) is 2.54. The first-order valence-corrected chi connectivity index (χ1v) is 5.52. The average Bonchev–Trinajstić information content (AvgIpc) is 2.02. The van der Waals surface area contributed by atoms with Crippen LogP contribution in [0.4, 0.5) is 0 Å². The van der Waals surface area contributed by atoms with Gasteiger partial charge in [-0.2, -0.15) is 0 Å². The molecule has 0 unspecified atom stereocenters. The maximum absolute atomic E-state index is 10.8. The van der Waals surface area contributed by atoms with Gasteiger partial charge < -0.3 is 5.32 Å². The summed E-state index contributed by atoms with van der Waals surface area (Å²) in [7, 11) is 0. The third-order valence-electron chi connectivity index (χ3n) is 3.32. The quantitative estimate of drug-likeness (QED) is 0.686. The van der Waals surface area contributed by atoms with Crippen molar-refractivity contribution in [2.24, 2.45) is 11.3 Å². The van der Waals surface area contributed by atoms with E-state index in [1.165, 1.54) is 12.8 Å². The number of rotatable bonds is 1. The van der Waals surface area contributed by atoms with Crippen molar-refractivity contribution < 1.29 is 4.79 Å². The molecule has 2 heteroatoms. The molecule has 0 saturated heterocycles. The number of hydrogen-bond acceptors (Lipinski definition) is 1. The highest BCUT2D eigenvalue weighted by Crippen LogP contribution is 2.37. The highest BCUT2D eigenvalue weighted by atomic mass is 16.1. The van der Waals surface area contributed by atoms with Crippen molar-refractivity contribution in [2.45, 2.75) is 52.5 Å². The Morgan fingerprint density at radius 3 is 2.07 bits per heavy atom. The van der Waals surface area contributed by atoms with Crippen molar-refractivity contribution in [3.8, 4) is 0 Å². The third kappa shape index (κ3) is 3.32. The lowest BCUT2D eigenvalue weighted by Crippen LogP contribution is -2.38. The maximum atomic E-state index is 10.8. The van der Waals surface area contributed by atoms with Gasteiger partial charge in [-0.3, -0.25) is 4.79 Å². The number of carbonyl (C=O) groups excluding carboxylic acids is 1. The Morgan fingerprint density at radius 2 is 1.71 bits per heavy atom. The molecule has 0 aromatic rings. The minimum atomic E-state index is -0.135. The first-order chi connectivity index (χ1) is 6.39. The summed E-state index contributed by atoms with van der Waals surface area (Å²) >= 11 is 0. The smallest absolute Gasteiger partial charge is 0.220 e. The summed E-state index contributed by atoms with van der Waals surface area (Å²) in [6, 6.07) is 0.374. The van der Waals surface area contributed by atoms with Gasteiger partial charge in [-0.05, 0) is 37.0 Å². The number of hydrogen-bond donors (Lipinski definition) is 1. The van der Waals surface area contributed by atoms with E-state index in [0.29, 0.717) is 11.5 Å². The summed E-state index contributed by atoms with van der Waals surface area (Å²) in [5, 5.41) is 2.90. The number of nitrogens with one attached hydrogen (secondary N) is 1. The standard InChI is InChI=1S/C12H22NO/c1-9(14)13-11-7-5-10(6-8-11)12(2,3)4/h10-11H,1,5-8H2,2-4H3,(H,13,14). The minimum absolute atomic E-state index is 0.135. The molecule has 1 saturated carbocycles. The summed E-state index contributed by atoms with van der Waals surface area (Å²) < 4.78 is 0. The van der Waals surface area contributed by atoms with Gasteiger partial charge in [0.1, 0.15) is 0 Å². The van der Waals surface area contributed by atoms with Crippen molar-refractivity contribution >= 4 is 5.91 Å². The summed E-state index contributed by atoms with van der Waals surface area (Å²) in [6.45, 7) is 10.3. The van der Waals surface area contributed by atoms with Crippen molar-refractivity contribution in [1.29, 1.82) is 0 Å². The molecule has 1 aliphatic carbocycles. The van der Waals surface area contributed by atoms with Gasteiger partial charge in [0.25, 0.3) is 0 Å². The van der Waals surface area contributed by atoms with Crippen LogP contribution in [-0.2, 0) is 4.79 Å². The molecule has 81 valence electrons. The van der Waals surface area contributed by atoms with Crippen LogP contribution in [0, 0.1) is 18.3 Å². The Hall–Kier alpha value is -0.530. The lowest BCUT2D eigenvalue weighted by atomic mass is 9.71. The van der Waals surface area contributed by atoms with Crippen LogP contribution in [0.15, 0.2) is 0 Å². The van der Waals surface area contributed by atoms with E-state index >= 15 is 0 Å². The molecule has 0 aromatic heterocycles. The van der Waals surface area contributed by atoms with Crippen LogP contribution in [0.2, 0.25) is 0 Å². The van der Waals surface area contributed by atoms with Crippen LogP contribution in [0.3, 0.4) is 0 Å². The molecule has 0 atom stereocenters. The molecule has 1 N–H and O–H groups in total. The maximum Gasteiger partial charge on any atom is 0.220 e. The fourth-order valence-electron chi connectivity index (χ4n) is 2.33. The zero-order valence-electron chi connectivity index (χ0n) is 9.60. The molecule has 0 aromatic carbocycles. The van der Waals surface area contributed by atoms with Gasteiger partial charge in [-0.15, -0.1) is 0 Å². The van der Waals surface area contributed by atoms with E-state index in [0.717, 1.165) is 18.8 Å². The largest absolute Gasteiger partial charge is 0.353 e. The van der Waals surface area contributed by atoms with E-state index in [2.05, 4.69) is 33.0 Å². The Morgan fingerprint density at radius 1 is 1.21 bits per heavy atom. The monoisotopic (exact) mass is 196 g/mol. The molecular weight excluding hydrogens is 174 g/mol. The second kappa shape index (κ2) is 4.33. The van der Waals surface area contributed by atoms with Gasteiger partial charge in [-0.1, -0.05) is 20.8 Å². The normalized spacial score (nSPS) is 28.6. The van der Waals surface area contributed by atoms with Crippen LogP contribution in [0.1, 0.15) is 46.5 Å². The fraction of sp³-hybridized carbons (Fsp3) is 0.833. The Balaban J connectivity index is 2.35. The van der Waals surface area contributed by atoms with Crippen LogP contribution >= 0.6 is 0 Å². The molecule has 14 heavy (non-hydrogen) atoms. The molecule has 1 aliphatic rings. The van der Waals surface area contributed by atoms with E-state index in [4.69, 9.17) is 0 Å². The lowest BCUT2D eigenvalue weighted by molar-refractivity contribution is -0.117. The van der Waals surface area contributed by atoms with E-state index in [1.54, 1.807) is 0 Å². The highest BCUT2D eigenvalue weighted by Gasteiger charge is 2.29. The first kappa shape index (κ1) is 11.5. The molecular formula is C12H22NO. The van der Waals surface area contributed by atoms with Crippen molar-refractivity contribution in [3.05, 3.63) is 6.92 Å². The second-order valence-corrected chi connectivity index (χ2v) is 5.48. The lowest BCUT2D eigenvalue weighted by Gasteiger charge is -2.37. The summed E-state index contributed by atoms with van der Waals surface area (Å²) in [5.41, 5.74) is 0.416. The van der Waals surface area contributed by atoms with E-state index < -0.39 is 0 Å². The van der Waals surface area contributed by atoms with Crippen molar-refractivity contribution in [2.75, 3.05) is 0 Å². The zero-order valence-corrected chi connectivity index (χ0v) is 9.60. The molecule has 1 rings (SSSR count). The fourth-order valence-corrected chi connectivity index (χ4v) is 2.33. The molecule has 0 heterocycles. The van der Waals surface area contributed by atoms with Gasteiger partial charge in [-0.25, -0.2) is 0 Å². The third-order valence-corrected chi connectivity index (χ3v) is 3.32. The highest BCUT2D eigenvalue weighted by molar-refractivity contribution is 5.80. The van der Waals surface area contributed by atoms with Crippen LogP contribution in [0.25, 0.3) is 0 Å². The van der Waals surface area contributed by atoms with Gasteiger partial charge in [0.2, 0.25) is 5.91 Å². The Bertz CT molecular complexity index is 197. The van der Waals surface area contributed by atoms with Gasteiger partial charge >= 0.3 is 0 Å². The number of carbonyl (C=O) groups is 1. The number of amides is 1. The van der Waals surface area contributed by atoms with E-state index in [1.807, 2.05) is 0 Å². The second-order valence-electron chi connectivity index (χ2n) is 5.48. The van der Waals surface area contributed by atoms with E-state index in [-0.39, 0.29) is 5.91 Å². The van der Waals surface area contributed by atoms with Gasteiger partial charge in [0.15, 0.2) is 0 Å². The Labute approximate surface area is 87.5 Å². The van der Waals surface area contributed by atoms with Crippen LogP contribution in [-0.4, -0.2) is 11.9 Å². The van der Waals surface area contributed by atoms with Crippen molar-refractivity contribution in [3.63, 3.8) is 0 Å². The first-order valence-electron chi connectivity index (χ1n) is 5.52. The van der Waals surface area contributed by atoms with Crippen LogP contribution < -0.4 is 5.32 Å². The SMILES string of the molecule is [CH2]C(=O)NC1CCC(C(C)(C)C)CC1. The van der Waals surface area contributed by atoms with Gasteiger partial charge in [0.05, 0.1) is 0 Å². The minimum Gasteiger partial charge on any atom is -0.353 e. The molecule has 0 aliphatic heterocycles. The molecule has 1 radical (unpaired) electrons. The zero-order chi connectivity index (χ0) is 10.8. The molecule has 2 nitrogen and oxygen atoms in total. The van der Waals surface area contributed by atoms with Gasteiger partial charge in [0, 0.05) is 13.0 Å². The average molecular weight is 196 g/mol. The summed E-state index contributed by atoms with van der Waals surface area (Å²) in [6.07, 6.45) is 4.69.